The van der Waals surface area contributed by atoms with Crippen molar-refractivity contribution >= 4 is 29.9 Å². The highest BCUT2D eigenvalue weighted by molar-refractivity contribution is 9.10. The second kappa shape index (κ2) is 9.16. The van der Waals surface area contributed by atoms with Crippen molar-refractivity contribution in [3.05, 3.63) is 53.2 Å². The molecule has 0 saturated carbocycles. The molecule has 0 radical (unpaired) electrons. The summed E-state index contributed by atoms with van der Waals surface area (Å²) in [5.41, 5.74) is 0.289. The molecule has 3 rings (SSSR count). The summed E-state index contributed by atoms with van der Waals surface area (Å²) in [6.45, 7) is 11.7. The fourth-order valence-corrected chi connectivity index (χ4v) is 4.73. The van der Waals surface area contributed by atoms with Gasteiger partial charge in [0.1, 0.15) is 23.9 Å². The lowest BCUT2D eigenvalue weighted by atomic mass is 9.92. The van der Waals surface area contributed by atoms with E-state index >= 15 is 0 Å². The molecule has 1 atom stereocenters. The van der Waals surface area contributed by atoms with E-state index in [2.05, 4.69) is 47.5 Å². The molecular formula is C22H29BrFN3O2Si. The zero-order valence-electron chi connectivity index (χ0n) is 17.8. The van der Waals surface area contributed by atoms with Crippen molar-refractivity contribution in [2.24, 2.45) is 0 Å². The van der Waals surface area contributed by atoms with Crippen molar-refractivity contribution in [3.8, 4) is 11.3 Å². The molecule has 30 heavy (non-hydrogen) atoms. The van der Waals surface area contributed by atoms with Gasteiger partial charge >= 0.3 is 0 Å². The van der Waals surface area contributed by atoms with E-state index in [-0.39, 0.29) is 11.7 Å². The normalized spacial score (nSPS) is 19.2. The summed E-state index contributed by atoms with van der Waals surface area (Å²) in [6, 6.07) is 5.98. The van der Waals surface area contributed by atoms with Crippen LogP contribution in [-0.2, 0) is 21.8 Å². The Balaban J connectivity index is 1.97. The number of imidazole rings is 1. The van der Waals surface area contributed by atoms with Crippen LogP contribution in [0.15, 0.2) is 41.5 Å². The SMILES string of the molecule is C=CC[C@@]1(c2nc(-c3ccc(Br)cc3F)cn2COCC[Si](C)(C)C)CCC(=O)N1. The quantitative estimate of drug-likeness (QED) is 0.287. The fourth-order valence-electron chi connectivity index (χ4n) is 3.64. The van der Waals surface area contributed by atoms with Gasteiger partial charge in [0.25, 0.3) is 0 Å². The molecule has 1 aromatic heterocycles. The monoisotopic (exact) mass is 493 g/mol. The van der Waals surface area contributed by atoms with Gasteiger partial charge in [-0.1, -0.05) is 41.6 Å². The van der Waals surface area contributed by atoms with Crippen molar-refractivity contribution in [2.45, 2.75) is 57.2 Å². The van der Waals surface area contributed by atoms with Crippen LogP contribution in [0.1, 0.15) is 25.1 Å². The average molecular weight is 494 g/mol. The molecule has 1 aromatic carbocycles. The number of nitrogens with one attached hydrogen (secondary N) is 1. The number of nitrogens with zero attached hydrogens (tertiary/aromatic N) is 2. The van der Waals surface area contributed by atoms with Gasteiger partial charge in [0.05, 0.1) is 5.69 Å². The third kappa shape index (κ3) is 5.28. The minimum absolute atomic E-state index is 0.0116. The molecule has 0 aliphatic carbocycles. The van der Waals surface area contributed by atoms with E-state index in [1.165, 1.54) is 6.07 Å². The summed E-state index contributed by atoms with van der Waals surface area (Å²) < 4.78 is 23.1. The predicted molar refractivity (Wildman–Crippen MR) is 123 cm³/mol. The number of benzene rings is 1. The smallest absolute Gasteiger partial charge is 0.220 e. The van der Waals surface area contributed by atoms with Crippen LogP contribution >= 0.6 is 15.9 Å². The molecule has 5 nitrogen and oxygen atoms in total. The number of amides is 1. The number of rotatable bonds is 9. The van der Waals surface area contributed by atoms with Crippen LogP contribution in [-0.4, -0.2) is 30.1 Å². The Hall–Kier alpha value is -1.77. The third-order valence-electron chi connectivity index (χ3n) is 5.29. The molecule has 1 aliphatic rings. The maximum atomic E-state index is 14.6. The summed E-state index contributed by atoms with van der Waals surface area (Å²) in [4.78, 5) is 16.9. The lowest BCUT2D eigenvalue weighted by Crippen LogP contribution is -2.41. The van der Waals surface area contributed by atoms with Crippen LogP contribution < -0.4 is 5.32 Å². The van der Waals surface area contributed by atoms with Gasteiger partial charge in [-0.2, -0.15) is 0 Å². The maximum absolute atomic E-state index is 14.6. The minimum atomic E-state index is -1.21. The Morgan fingerprint density at radius 2 is 2.20 bits per heavy atom. The summed E-state index contributed by atoms with van der Waals surface area (Å²) in [5, 5.41) is 3.08. The molecule has 1 saturated heterocycles. The molecule has 1 amide bonds. The van der Waals surface area contributed by atoms with Gasteiger partial charge in [0, 0.05) is 37.3 Å². The zero-order chi connectivity index (χ0) is 21.9. The fraction of sp³-hybridized carbons (Fsp3) is 0.455. The Kier molecular flexibility index (Phi) is 6.99. The number of carbonyl (C=O) groups is 1. The largest absolute Gasteiger partial charge is 0.361 e. The first-order chi connectivity index (χ1) is 14.1. The number of ether oxygens (including phenoxy) is 1. The molecule has 2 aromatic rings. The van der Waals surface area contributed by atoms with Gasteiger partial charge in [-0.25, -0.2) is 9.37 Å². The number of carbonyl (C=O) groups excluding carboxylic acids is 1. The lowest BCUT2D eigenvalue weighted by Gasteiger charge is -2.28. The predicted octanol–water partition coefficient (Wildman–Crippen LogP) is 5.45. The molecule has 1 N–H and O–H groups in total. The van der Waals surface area contributed by atoms with Gasteiger partial charge in [-0.05, 0) is 37.1 Å². The van der Waals surface area contributed by atoms with Crippen LogP contribution in [0.4, 0.5) is 4.39 Å². The zero-order valence-corrected chi connectivity index (χ0v) is 20.4. The highest BCUT2D eigenvalue weighted by Crippen LogP contribution is 2.36. The topological polar surface area (TPSA) is 56.2 Å². The molecule has 1 fully saturated rings. The summed E-state index contributed by atoms with van der Waals surface area (Å²) in [5.74, 6) is 0.314. The Morgan fingerprint density at radius 1 is 1.43 bits per heavy atom. The highest BCUT2D eigenvalue weighted by Gasteiger charge is 2.42. The number of hydrogen-bond donors (Lipinski definition) is 1. The van der Waals surface area contributed by atoms with Crippen molar-refractivity contribution in [3.63, 3.8) is 0 Å². The standard InChI is InChI=1S/C22H29BrFN3O2Si/c1-5-9-22(10-8-20(28)26-22)21-25-19(17-7-6-16(23)13-18(17)24)14-27(21)15-29-11-12-30(2,3)4/h5-7,13-14H,1,8-12,15H2,2-4H3,(H,26,28)/t22-/m0/s1. The molecule has 0 spiro atoms. The first-order valence-corrected chi connectivity index (χ1v) is 14.7. The first kappa shape index (κ1) is 22.9. The van der Waals surface area contributed by atoms with Gasteiger partial charge in [-0.15, -0.1) is 6.58 Å². The van der Waals surface area contributed by atoms with Crippen molar-refractivity contribution < 1.29 is 13.9 Å². The number of halogens is 2. The number of aromatic nitrogens is 2. The van der Waals surface area contributed by atoms with E-state index in [9.17, 15) is 9.18 Å². The van der Waals surface area contributed by atoms with Gasteiger partial charge in [0.15, 0.2) is 0 Å². The number of hydrogen-bond acceptors (Lipinski definition) is 3. The van der Waals surface area contributed by atoms with Crippen molar-refractivity contribution in [1.29, 1.82) is 0 Å². The second-order valence-electron chi connectivity index (χ2n) is 9.01. The first-order valence-electron chi connectivity index (χ1n) is 10.2. The average Bonchev–Trinajstić information content (AvgIpc) is 3.23. The molecular weight excluding hydrogens is 465 g/mol. The van der Waals surface area contributed by atoms with Crippen molar-refractivity contribution in [1.82, 2.24) is 14.9 Å². The van der Waals surface area contributed by atoms with Crippen LogP contribution in [0, 0.1) is 5.82 Å². The highest BCUT2D eigenvalue weighted by atomic mass is 79.9. The van der Waals surface area contributed by atoms with Crippen molar-refractivity contribution in [2.75, 3.05) is 6.61 Å². The van der Waals surface area contributed by atoms with E-state index in [0.29, 0.717) is 54.2 Å². The maximum Gasteiger partial charge on any atom is 0.220 e. The molecule has 8 heteroatoms. The molecule has 162 valence electrons. The van der Waals surface area contributed by atoms with E-state index in [1.54, 1.807) is 18.2 Å². The van der Waals surface area contributed by atoms with Crippen LogP contribution in [0.2, 0.25) is 25.7 Å². The Labute approximate surface area is 186 Å². The second-order valence-corrected chi connectivity index (χ2v) is 15.6. The molecule has 1 aliphatic heterocycles. The van der Waals surface area contributed by atoms with Crippen LogP contribution in [0.5, 0.6) is 0 Å². The molecule has 0 bridgehead atoms. The molecule has 0 unspecified atom stereocenters. The van der Waals surface area contributed by atoms with Gasteiger partial charge < -0.3 is 14.6 Å². The van der Waals surface area contributed by atoms with E-state index in [0.717, 1.165) is 6.04 Å². The van der Waals surface area contributed by atoms with Gasteiger partial charge in [0.2, 0.25) is 5.91 Å². The molecule has 2 heterocycles. The van der Waals surface area contributed by atoms with E-state index in [1.807, 2.05) is 10.8 Å². The third-order valence-corrected chi connectivity index (χ3v) is 7.49. The summed E-state index contributed by atoms with van der Waals surface area (Å²) in [7, 11) is -1.21. The summed E-state index contributed by atoms with van der Waals surface area (Å²) in [6.07, 6.45) is 5.19. The van der Waals surface area contributed by atoms with Crippen LogP contribution in [0.3, 0.4) is 0 Å². The Bertz CT molecular complexity index is 941. The van der Waals surface area contributed by atoms with Crippen LogP contribution in [0.25, 0.3) is 11.3 Å². The minimum Gasteiger partial charge on any atom is -0.361 e. The van der Waals surface area contributed by atoms with E-state index in [4.69, 9.17) is 9.72 Å². The Morgan fingerprint density at radius 3 is 2.80 bits per heavy atom. The summed E-state index contributed by atoms with van der Waals surface area (Å²) >= 11 is 3.30. The van der Waals surface area contributed by atoms with Gasteiger partial charge in [-0.3, -0.25) is 4.79 Å². The van der Waals surface area contributed by atoms with E-state index < -0.39 is 13.6 Å². The lowest BCUT2D eigenvalue weighted by molar-refractivity contribution is -0.119.